The average Bonchev–Trinajstić information content (AvgIpc) is 3.12. The number of aryl methyl sites for hydroxylation is 1. The molecule has 0 spiro atoms. The van der Waals surface area contributed by atoms with E-state index in [-0.39, 0.29) is 24.2 Å². The molecule has 0 radical (unpaired) electrons. The molecule has 2 heterocycles. The van der Waals surface area contributed by atoms with Gasteiger partial charge in [-0.15, -0.1) is 0 Å². The van der Waals surface area contributed by atoms with Crippen molar-refractivity contribution in [3.05, 3.63) is 46.9 Å². The van der Waals surface area contributed by atoms with Gasteiger partial charge in [0.1, 0.15) is 24.8 Å². The molecule has 1 fully saturated rings. The number of benzene rings is 1. The van der Waals surface area contributed by atoms with Crippen LogP contribution in [0.2, 0.25) is 0 Å². The van der Waals surface area contributed by atoms with E-state index in [0.717, 1.165) is 16.7 Å². The minimum atomic E-state index is -4.83. The first-order valence-electron chi connectivity index (χ1n) is 9.03. The molecular weight excluding hydrogens is 401 g/mol. The van der Waals surface area contributed by atoms with E-state index in [1.54, 1.807) is 26.0 Å². The molecule has 10 heteroatoms. The van der Waals surface area contributed by atoms with Crippen LogP contribution in [0, 0.1) is 13.8 Å². The molecule has 158 valence electrons. The summed E-state index contributed by atoms with van der Waals surface area (Å²) in [5, 5.41) is 3.72. The van der Waals surface area contributed by atoms with Gasteiger partial charge in [0.05, 0.1) is 24.5 Å². The van der Waals surface area contributed by atoms with E-state index in [4.69, 9.17) is 0 Å². The highest BCUT2D eigenvalue weighted by atomic mass is 19.4. The Balaban J connectivity index is 2.06. The number of hydrogen-bond donors (Lipinski definition) is 0. The largest absolute Gasteiger partial charge is 0.435 e. The summed E-state index contributed by atoms with van der Waals surface area (Å²) in [4.78, 5) is 37.5. The summed E-state index contributed by atoms with van der Waals surface area (Å²) in [6, 6.07) is 4.08. The lowest BCUT2D eigenvalue weighted by Gasteiger charge is -2.20. The smallest absolute Gasteiger partial charge is 0.399 e. The molecule has 0 N–H and O–H groups in total. The topological polar surface area (TPSA) is 84.8 Å². The second-order valence-electron chi connectivity index (χ2n) is 6.88. The van der Waals surface area contributed by atoms with Gasteiger partial charge in [-0.05, 0) is 25.0 Å². The van der Waals surface area contributed by atoms with E-state index in [2.05, 4.69) is 20.0 Å². The Hall–Kier alpha value is -3.30. The molecule has 0 bridgehead atoms. The molecule has 1 aliphatic heterocycles. The van der Waals surface area contributed by atoms with Gasteiger partial charge in [-0.1, -0.05) is 23.4 Å². The van der Waals surface area contributed by atoms with E-state index >= 15 is 0 Å². The molecule has 1 atom stereocenters. The van der Waals surface area contributed by atoms with Gasteiger partial charge < -0.3 is 14.5 Å². The van der Waals surface area contributed by atoms with Crippen LogP contribution < -0.4 is 0 Å². The van der Waals surface area contributed by atoms with Crippen LogP contribution in [0.3, 0.4) is 0 Å². The lowest BCUT2D eigenvalue weighted by atomic mass is 9.99. The number of alkyl halides is 3. The van der Waals surface area contributed by atoms with Crippen molar-refractivity contribution in [2.24, 2.45) is 5.16 Å². The van der Waals surface area contributed by atoms with Crippen LogP contribution >= 0.6 is 0 Å². The van der Waals surface area contributed by atoms with Gasteiger partial charge in [-0.3, -0.25) is 9.78 Å². The number of nitrogens with zero attached hydrogens (tertiary/aromatic N) is 4. The minimum Gasteiger partial charge on any atom is -0.399 e. The van der Waals surface area contributed by atoms with Crippen LogP contribution in [-0.4, -0.2) is 52.5 Å². The van der Waals surface area contributed by atoms with E-state index in [1.165, 1.54) is 13.2 Å². The quantitative estimate of drug-likeness (QED) is 0.560. The zero-order valence-electron chi connectivity index (χ0n) is 16.5. The first kappa shape index (κ1) is 21.4. The number of likely N-dealkylation sites (tertiary alicyclic amines) is 1. The van der Waals surface area contributed by atoms with Crippen LogP contribution in [0.4, 0.5) is 13.2 Å². The van der Waals surface area contributed by atoms with Gasteiger partial charge in [0.15, 0.2) is 5.69 Å². The number of aromatic nitrogens is 2. The van der Waals surface area contributed by atoms with Gasteiger partial charge in [0.25, 0.3) is 5.91 Å². The van der Waals surface area contributed by atoms with E-state index in [1.807, 2.05) is 0 Å². The van der Waals surface area contributed by atoms with Gasteiger partial charge in [0.2, 0.25) is 0 Å². The fraction of sp³-hybridized carbons (Fsp3) is 0.350. The fourth-order valence-electron chi connectivity index (χ4n) is 3.31. The molecule has 1 aliphatic rings. The van der Waals surface area contributed by atoms with Crippen LogP contribution in [0.1, 0.15) is 33.7 Å². The molecule has 0 aliphatic carbocycles. The molecule has 0 saturated carbocycles. The Kier molecular flexibility index (Phi) is 5.86. The number of carbonyl (C=O) groups is 2. The predicted molar refractivity (Wildman–Crippen MR) is 102 cm³/mol. The summed E-state index contributed by atoms with van der Waals surface area (Å²) in [6.07, 6.45) is -3.14. The first-order valence-corrected chi connectivity index (χ1v) is 9.03. The van der Waals surface area contributed by atoms with Gasteiger partial charge in [-0.25, -0.2) is 4.98 Å². The predicted octanol–water partition coefficient (Wildman–Crippen LogP) is 3.20. The Morgan fingerprint density at radius 2 is 2.07 bits per heavy atom. The second-order valence-corrected chi connectivity index (χ2v) is 6.88. The molecule has 1 amide bonds. The Bertz CT molecular complexity index is 1020. The van der Waals surface area contributed by atoms with E-state index in [0.29, 0.717) is 17.6 Å². The number of halogens is 3. The molecule has 1 aromatic carbocycles. The third kappa shape index (κ3) is 4.03. The van der Waals surface area contributed by atoms with Crippen molar-refractivity contribution in [3.63, 3.8) is 0 Å². The number of aldehydes is 1. The summed E-state index contributed by atoms with van der Waals surface area (Å²) in [5.74, 6) is -0.834. The molecule has 2 aromatic rings. The molecule has 0 unspecified atom stereocenters. The summed E-state index contributed by atoms with van der Waals surface area (Å²) in [5.41, 5.74) is 0.0526. The molecule has 1 saturated heterocycles. The van der Waals surface area contributed by atoms with Crippen molar-refractivity contribution < 1.29 is 27.6 Å². The van der Waals surface area contributed by atoms with Crippen molar-refractivity contribution in [2.45, 2.75) is 32.5 Å². The number of rotatable bonds is 4. The number of amides is 1. The average molecular weight is 420 g/mol. The summed E-state index contributed by atoms with van der Waals surface area (Å²) >= 11 is 0. The van der Waals surface area contributed by atoms with Crippen LogP contribution in [0.25, 0.3) is 11.3 Å². The standard InChI is InChI=1S/C20H19F3N4O3/c1-11-5-4-6-15(12(11)2)17-18(20(21,22)23)25-16(8-24-17)19(29)27-9-13(26-30-3)7-14(27)10-28/h4-6,8,10,14H,7,9H2,1-3H3/b26-13+/t14-/m0/s1. The highest BCUT2D eigenvalue weighted by Gasteiger charge is 2.40. The number of hydrogen-bond acceptors (Lipinski definition) is 6. The maximum absolute atomic E-state index is 13.8. The fourth-order valence-corrected chi connectivity index (χ4v) is 3.31. The van der Waals surface area contributed by atoms with Crippen LogP contribution in [-0.2, 0) is 15.8 Å². The number of carbonyl (C=O) groups excluding carboxylic acids is 2. The number of oxime groups is 1. The molecule has 30 heavy (non-hydrogen) atoms. The molecule has 3 rings (SSSR count). The van der Waals surface area contributed by atoms with Crippen molar-refractivity contribution in [2.75, 3.05) is 13.7 Å². The second kappa shape index (κ2) is 8.21. The normalized spacial score (nSPS) is 18.0. The van der Waals surface area contributed by atoms with Crippen molar-refractivity contribution in [1.82, 2.24) is 14.9 Å². The highest BCUT2D eigenvalue weighted by molar-refractivity contribution is 6.02. The summed E-state index contributed by atoms with van der Waals surface area (Å²) in [6.45, 7) is 3.43. The summed E-state index contributed by atoms with van der Waals surface area (Å²) < 4.78 is 41.3. The zero-order chi connectivity index (χ0) is 22.1. The van der Waals surface area contributed by atoms with Gasteiger partial charge in [-0.2, -0.15) is 13.2 Å². The maximum atomic E-state index is 13.8. The van der Waals surface area contributed by atoms with Crippen LogP contribution in [0.15, 0.2) is 29.6 Å². The SMILES string of the molecule is CO/N=C1\C[C@@H](C=O)N(C(=O)c2cnc(-c3cccc(C)c3C)c(C(F)(F)F)n2)C1. The third-order valence-corrected chi connectivity index (χ3v) is 4.96. The van der Waals surface area contributed by atoms with Gasteiger partial charge in [0, 0.05) is 12.0 Å². The Morgan fingerprint density at radius 3 is 2.70 bits per heavy atom. The monoisotopic (exact) mass is 420 g/mol. The summed E-state index contributed by atoms with van der Waals surface area (Å²) in [7, 11) is 1.32. The van der Waals surface area contributed by atoms with Crippen molar-refractivity contribution in [1.29, 1.82) is 0 Å². The maximum Gasteiger partial charge on any atom is 0.435 e. The Morgan fingerprint density at radius 1 is 1.33 bits per heavy atom. The van der Waals surface area contributed by atoms with Gasteiger partial charge >= 0.3 is 6.18 Å². The molecule has 7 nitrogen and oxygen atoms in total. The minimum absolute atomic E-state index is 0.0438. The zero-order valence-corrected chi connectivity index (χ0v) is 16.5. The third-order valence-electron chi connectivity index (χ3n) is 4.96. The van der Waals surface area contributed by atoms with Crippen molar-refractivity contribution >= 4 is 17.9 Å². The van der Waals surface area contributed by atoms with E-state index < -0.39 is 29.5 Å². The Labute approximate surface area is 170 Å². The van der Waals surface area contributed by atoms with Crippen molar-refractivity contribution in [3.8, 4) is 11.3 Å². The van der Waals surface area contributed by atoms with Crippen LogP contribution in [0.5, 0.6) is 0 Å². The van der Waals surface area contributed by atoms with E-state index in [9.17, 15) is 22.8 Å². The molecule has 1 aromatic heterocycles. The molecular formula is C20H19F3N4O3. The lowest BCUT2D eigenvalue weighted by molar-refractivity contribution is -0.140. The lowest BCUT2D eigenvalue weighted by Crippen LogP contribution is -2.37. The highest BCUT2D eigenvalue weighted by Crippen LogP contribution is 2.36. The first-order chi connectivity index (χ1) is 14.2.